The number of anilines is 2. The molecule has 0 bridgehead atoms. The van der Waals surface area contributed by atoms with Crippen molar-refractivity contribution >= 4 is 27.3 Å². The molecule has 0 aliphatic carbocycles. The van der Waals surface area contributed by atoms with Crippen molar-refractivity contribution in [3.05, 3.63) is 23.8 Å². The molecule has 1 atom stereocenters. The topological polar surface area (TPSA) is 95.7 Å². The van der Waals surface area contributed by atoms with Gasteiger partial charge >= 0.3 is 0 Å². The molecule has 1 amide bonds. The zero-order chi connectivity index (χ0) is 15.2. The van der Waals surface area contributed by atoms with E-state index in [2.05, 4.69) is 10.2 Å². The molecule has 2 aliphatic rings. The number of benzene rings is 1. The highest BCUT2D eigenvalue weighted by atomic mass is 32.2. The van der Waals surface area contributed by atoms with E-state index in [0.29, 0.717) is 26.2 Å². The number of nitrogens with one attached hydrogen (secondary N) is 1. The Bertz CT molecular complexity index is 681. The van der Waals surface area contributed by atoms with E-state index in [4.69, 9.17) is 5.73 Å². The number of fused-ring (bicyclic) bond motifs is 1. The highest BCUT2D eigenvalue weighted by molar-refractivity contribution is 7.88. The van der Waals surface area contributed by atoms with Crippen LogP contribution in [0.3, 0.4) is 0 Å². The van der Waals surface area contributed by atoms with Gasteiger partial charge in [-0.05, 0) is 12.1 Å². The van der Waals surface area contributed by atoms with Gasteiger partial charge in [0.2, 0.25) is 15.9 Å². The third-order valence-electron chi connectivity index (χ3n) is 3.99. The summed E-state index contributed by atoms with van der Waals surface area (Å²) in [5.74, 6) is -0.191. The Kier molecular flexibility index (Phi) is 3.39. The summed E-state index contributed by atoms with van der Waals surface area (Å²) >= 11 is 0. The predicted molar refractivity (Wildman–Crippen MR) is 80.6 cm³/mol. The van der Waals surface area contributed by atoms with Gasteiger partial charge in [-0.25, -0.2) is 8.42 Å². The molecule has 21 heavy (non-hydrogen) atoms. The fourth-order valence-electron chi connectivity index (χ4n) is 2.75. The van der Waals surface area contributed by atoms with E-state index in [9.17, 15) is 13.2 Å². The van der Waals surface area contributed by atoms with Crippen molar-refractivity contribution in [2.45, 2.75) is 6.04 Å². The maximum atomic E-state index is 11.5. The number of amides is 1. The lowest BCUT2D eigenvalue weighted by Gasteiger charge is -2.34. The van der Waals surface area contributed by atoms with Crippen LogP contribution in [-0.4, -0.2) is 51.1 Å². The Hall–Kier alpha value is -1.64. The zero-order valence-corrected chi connectivity index (χ0v) is 12.6. The summed E-state index contributed by atoms with van der Waals surface area (Å²) in [6.45, 7) is 2.21. The van der Waals surface area contributed by atoms with Crippen LogP contribution in [0.4, 0.5) is 11.4 Å². The number of nitrogens with two attached hydrogens (primary N) is 1. The summed E-state index contributed by atoms with van der Waals surface area (Å²) in [6.07, 6.45) is 1.23. The van der Waals surface area contributed by atoms with Crippen LogP contribution in [0.15, 0.2) is 18.2 Å². The molecule has 8 heteroatoms. The Morgan fingerprint density at radius 1 is 1.24 bits per heavy atom. The lowest BCUT2D eigenvalue weighted by atomic mass is 10.1. The molecule has 1 saturated heterocycles. The van der Waals surface area contributed by atoms with E-state index in [0.717, 1.165) is 16.9 Å². The molecule has 0 spiro atoms. The summed E-state index contributed by atoms with van der Waals surface area (Å²) in [5.41, 5.74) is 8.30. The van der Waals surface area contributed by atoms with Gasteiger partial charge in [-0.15, -0.1) is 0 Å². The van der Waals surface area contributed by atoms with Gasteiger partial charge in [0.25, 0.3) is 0 Å². The van der Waals surface area contributed by atoms with Crippen LogP contribution in [-0.2, 0) is 14.8 Å². The molecular formula is C13H18N4O3S. The minimum Gasteiger partial charge on any atom is -0.369 e. The number of piperazine rings is 1. The van der Waals surface area contributed by atoms with Gasteiger partial charge in [0.05, 0.1) is 6.26 Å². The summed E-state index contributed by atoms with van der Waals surface area (Å²) in [7, 11) is -3.12. The zero-order valence-electron chi connectivity index (χ0n) is 11.7. The maximum absolute atomic E-state index is 11.5. The molecule has 114 valence electrons. The van der Waals surface area contributed by atoms with Crippen LogP contribution >= 0.6 is 0 Å². The summed E-state index contributed by atoms with van der Waals surface area (Å²) < 4.78 is 24.5. The first-order valence-electron chi connectivity index (χ1n) is 6.77. The Labute approximate surface area is 123 Å². The largest absolute Gasteiger partial charge is 0.369 e. The minimum atomic E-state index is -3.12. The lowest BCUT2D eigenvalue weighted by molar-refractivity contribution is -0.116. The molecule has 0 radical (unpaired) electrons. The summed E-state index contributed by atoms with van der Waals surface area (Å²) in [6, 6.07) is 5.08. The molecule has 1 unspecified atom stereocenters. The number of sulfonamides is 1. The minimum absolute atomic E-state index is 0.191. The monoisotopic (exact) mass is 310 g/mol. The molecule has 0 aromatic heterocycles. The second kappa shape index (κ2) is 4.97. The van der Waals surface area contributed by atoms with Gasteiger partial charge in [0.1, 0.15) is 6.04 Å². The van der Waals surface area contributed by atoms with Crippen molar-refractivity contribution in [2.24, 2.45) is 5.73 Å². The average molecular weight is 310 g/mol. The van der Waals surface area contributed by atoms with Gasteiger partial charge in [-0.2, -0.15) is 4.31 Å². The number of hydrogen-bond acceptors (Lipinski definition) is 5. The lowest BCUT2D eigenvalue weighted by Crippen LogP contribution is -2.48. The van der Waals surface area contributed by atoms with Gasteiger partial charge < -0.3 is 16.0 Å². The first-order chi connectivity index (χ1) is 9.86. The molecule has 7 nitrogen and oxygen atoms in total. The van der Waals surface area contributed by atoms with Crippen molar-refractivity contribution in [1.82, 2.24) is 4.31 Å². The molecule has 3 N–H and O–H groups in total. The highest BCUT2D eigenvalue weighted by Gasteiger charge is 2.28. The summed E-state index contributed by atoms with van der Waals surface area (Å²) in [5, 5.41) is 2.76. The van der Waals surface area contributed by atoms with Crippen LogP contribution in [0.2, 0.25) is 0 Å². The average Bonchev–Trinajstić information content (AvgIpc) is 2.73. The van der Waals surface area contributed by atoms with Gasteiger partial charge in [0.15, 0.2) is 0 Å². The Morgan fingerprint density at radius 2 is 1.90 bits per heavy atom. The quantitative estimate of drug-likeness (QED) is 0.783. The molecule has 2 heterocycles. The number of carbonyl (C=O) groups is 1. The Morgan fingerprint density at radius 3 is 2.52 bits per heavy atom. The van der Waals surface area contributed by atoms with Crippen LogP contribution in [0.1, 0.15) is 11.6 Å². The fraction of sp³-hybridized carbons (Fsp3) is 0.462. The molecule has 1 aromatic rings. The maximum Gasteiger partial charge on any atom is 0.245 e. The highest BCUT2D eigenvalue weighted by Crippen LogP contribution is 2.33. The van der Waals surface area contributed by atoms with Crippen LogP contribution < -0.4 is 16.0 Å². The van der Waals surface area contributed by atoms with Crippen LogP contribution in [0.25, 0.3) is 0 Å². The molecule has 3 rings (SSSR count). The van der Waals surface area contributed by atoms with E-state index in [1.807, 2.05) is 18.2 Å². The van der Waals surface area contributed by atoms with Crippen molar-refractivity contribution in [3.8, 4) is 0 Å². The molecular weight excluding hydrogens is 292 g/mol. The molecule has 1 aromatic carbocycles. The van der Waals surface area contributed by atoms with Crippen molar-refractivity contribution < 1.29 is 13.2 Å². The molecule has 2 aliphatic heterocycles. The van der Waals surface area contributed by atoms with Crippen LogP contribution in [0, 0.1) is 0 Å². The van der Waals surface area contributed by atoms with Crippen molar-refractivity contribution in [2.75, 3.05) is 42.7 Å². The fourth-order valence-corrected chi connectivity index (χ4v) is 3.58. The van der Waals surface area contributed by atoms with Crippen LogP contribution in [0.5, 0.6) is 0 Å². The SMILES string of the molecule is CS(=O)(=O)N1CCN(c2ccc3c(c2)NC(=O)C3N)CC1. The van der Waals surface area contributed by atoms with E-state index in [1.54, 1.807) is 0 Å². The standard InChI is InChI=1S/C13H18N4O3S/c1-21(19,20)17-6-4-16(5-7-17)9-2-3-10-11(8-9)15-13(18)12(10)14/h2-3,8,12H,4-7,14H2,1H3,(H,15,18). The molecule has 1 fully saturated rings. The molecule has 0 saturated carbocycles. The Balaban J connectivity index is 1.76. The number of nitrogens with zero attached hydrogens (tertiary/aromatic N) is 2. The van der Waals surface area contributed by atoms with Gasteiger partial charge in [-0.3, -0.25) is 4.79 Å². The number of rotatable bonds is 2. The number of hydrogen-bond donors (Lipinski definition) is 2. The van der Waals surface area contributed by atoms with Gasteiger partial charge in [-0.1, -0.05) is 6.07 Å². The third-order valence-corrected chi connectivity index (χ3v) is 5.29. The van der Waals surface area contributed by atoms with E-state index < -0.39 is 16.1 Å². The van der Waals surface area contributed by atoms with Gasteiger partial charge in [0, 0.05) is 43.1 Å². The van der Waals surface area contributed by atoms with E-state index in [-0.39, 0.29) is 5.91 Å². The number of carbonyl (C=O) groups excluding carboxylic acids is 1. The summed E-state index contributed by atoms with van der Waals surface area (Å²) in [4.78, 5) is 13.7. The van der Waals surface area contributed by atoms with E-state index in [1.165, 1.54) is 10.6 Å². The second-order valence-electron chi connectivity index (χ2n) is 5.39. The third kappa shape index (κ3) is 2.61. The smallest absolute Gasteiger partial charge is 0.245 e. The predicted octanol–water partition coefficient (Wildman–Crippen LogP) is -0.280. The first kappa shape index (κ1) is 14.3. The second-order valence-corrected chi connectivity index (χ2v) is 7.37. The van der Waals surface area contributed by atoms with E-state index >= 15 is 0 Å². The first-order valence-corrected chi connectivity index (χ1v) is 8.61. The normalized spacial score (nSPS) is 23.0. The van der Waals surface area contributed by atoms with Crippen molar-refractivity contribution in [1.29, 1.82) is 0 Å². The van der Waals surface area contributed by atoms with Crippen molar-refractivity contribution in [3.63, 3.8) is 0 Å².